The fourth-order valence-electron chi connectivity index (χ4n) is 3.01. The molecule has 0 spiro atoms. The number of amides is 1. The van der Waals surface area contributed by atoms with Crippen LogP contribution >= 0.6 is 35.0 Å². The maximum Gasteiger partial charge on any atom is 0.234 e. The molecule has 0 aliphatic heterocycles. The largest absolute Gasteiger partial charge is 0.481 e. The Balaban J connectivity index is 1.66. The molecule has 1 N–H and O–H groups in total. The molecule has 1 heterocycles. The average Bonchev–Trinajstić information content (AvgIpc) is 3.14. The van der Waals surface area contributed by atoms with Gasteiger partial charge in [-0.1, -0.05) is 47.1 Å². The molecule has 0 fully saturated rings. The molecule has 0 saturated carbocycles. The Morgan fingerprint density at radius 3 is 2.68 bits per heavy atom. The third kappa shape index (κ3) is 5.93. The lowest BCUT2D eigenvalue weighted by atomic mass is 10.1. The van der Waals surface area contributed by atoms with Crippen molar-refractivity contribution in [2.45, 2.75) is 45.5 Å². The first-order chi connectivity index (χ1) is 14.8. The predicted molar refractivity (Wildman–Crippen MR) is 126 cm³/mol. The van der Waals surface area contributed by atoms with Gasteiger partial charge >= 0.3 is 0 Å². The number of aromatic nitrogens is 3. The van der Waals surface area contributed by atoms with Crippen LogP contribution in [0, 0.1) is 13.8 Å². The number of hydrogen-bond donors (Lipinski definition) is 1. The minimum atomic E-state index is -0.385. The highest BCUT2D eigenvalue weighted by Gasteiger charge is 2.20. The Morgan fingerprint density at radius 2 is 1.97 bits per heavy atom. The molecule has 31 heavy (non-hydrogen) atoms. The summed E-state index contributed by atoms with van der Waals surface area (Å²) in [5.74, 6) is 1.31. The fourth-order valence-corrected chi connectivity index (χ4v) is 4.27. The molecule has 0 bridgehead atoms. The number of rotatable bonds is 8. The van der Waals surface area contributed by atoms with Gasteiger partial charge in [-0.3, -0.25) is 4.79 Å². The van der Waals surface area contributed by atoms with Crippen molar-refractivity contribution in [3.63, 3.8) is 0 Å². The Kier molecular flexibility index (Phi) is 7.86. The standard InChI is InChI=1S/C22H24Cl2N4O2S/c1-5-28-21(15(4)30-19-9-8-16(23)11-17(19)24)26-27-22(28)31-12-20(29)25-18-10-13(2)6-7-14(18)3/h6-11,15H,5,12H2,1-4H3,(H,25,29). The van der Waals surface area contributed by atoms with Crippen LogP contribution < -0.4 is 10.1 Å². The van der Waals surface area contributed by atoms with Gasteiger partial charge in [0.1, 0.15) is 5.75 Å². The number of carbonyl (C=O) groups excluding carboxylic acids is 1. The van der Waals surface area contributed by atoms with Crippen molar-refractivity contribution in [1.82, 2.24) is 14.8 Å². The second kappa shape index (κ2) is 10.4. The van der Waals surface area contributed by atoms with Crippen molar-refractivity contribution >= 4 is 46.6 Å². The molecule has 1 amide bonds. The number of nitrogens with one attached hydrogen (secondary N) is 1. The van der Waals surface area contributed by atoms with Crippen LogP contribution in [-0.4, -0.2) is 26.4 Å². The summed E-state index contributed by atoms with van der Waals surface area (Å²) in [7, 11) is 0. The van der Waals surface area contributed by atoms with Crippen molar-refractivity contribution in [1.29, 1.82) is 0 Å². The maximum atomic E-state index is 12.5. The summed E-state index contributed by atoms with van der Waals surface area (Å²) < 4.78 is 7.90. The zero-order chi connectivity index (χ0) is 22.5. The van der Waals surface area contributed by atoms with Crippen molar-refractivity contribution in [3.8, 4) is 5.75 Å². The van der Waals surface area contributed by atoms with Crippen LogP contribution in [-0.2, 0) is 11.3 Å². The zero-order valence-corrected chi connectivity index (χ0v) is 20.1. The first-order valence-corrected chi connectivity index (χ1v) is 11.6. The van der Waals surface area contributed by atoms with E-state index in [-0.39, 0.29) is 17.8 Å². The number of aryl methyl sites for hydroxylation is 2. The number of carbonyl (C=O) groups is 1. The van der Waals surface area contributed by atoms with Crippen LogP contribution in [0.3, 0.4) is 0 Å². The number of nitrogens with zero attached hydrogens (tertiary/aromatic N) is 3. The van der Waals surface area contributed by atoms with E-state index in [0.717, 1.165) is 16.8 Å². The van der Waals surface area contributed by atoms with Crippen LogP contribution in [0.2, 0.25) is 10.0 Å². The molecule has 0 radical (unpaired) electrons. The van der Waals surface area contributed by atoms with Gasteiger partial charge in [0.2, 0.25) is 5.91 Å². The molecule has 6 nitrogen and oxygen atoms in total. The summed E-state index contributed by atoms with van der Waals surface area (Å²) in [5, 5.41) is 13.1. The molecule has 9 heteroatoms. The molecule has 0 aliphatic rings. The molecule has 3 rings (SSSR count). The van der Waals surface area contributed by atoms with Crippen LogP contribution in [0.15, 0.2) is 41.6 Å². The van der Waals surface area contributed by atoms with E-state index in [0.29, 0.717) is 33.3 Å². The number of halogens is 2. The zero-order valence-electron chi connectivity index (χ0n) is 17.8. The molecule has 0 saturated heterocycles. The van der Waals surface area contributed by atoms with Crippen LogP contribution in [0.5, 0.6) is 5.75 Å². The highest BCUT2D eigenvalue weighted by atomic mass is 35.5. The SMILES string of the molecule is CCn1c(SCC(=O)Nc2cc(C)ccc2C)nnc1C(C)Oc1ccc(Cl)cc1Cl. The highest BCUT2D eigenvalue weighted by Crippen LogP contribution is 2.31. The second-order valence-corrected chi connectivity index (χ2v) is 8.86. The van der Waals surface area contributed by atoms with E-state index in [1.807, 2.05) is 50.5 Å². The quantitative estimate of drug-likeness (QED) is 0.396. The van der Waals surface area contributed by atoms with Crippen molar-refractivity contribution in [3.05, 3.63) is 63.4 Å². The average molecular weight is 479 g/mol. The normalized spacial score (nSPS) is 11.9. The molecular weight excluding hydrogens is 455 g/mol. The second-order valence-electron chi connectivity index (χ2n) is 7.08. The number of anilines is 1. The van der Waals surface area contributed by atoms with Crippen molar-refractivity contribution in [2.24, 2.45) is 0 Å². The van der Waals surface area contributed by atoms with Gasteiger partial charge < -0.3 is 14.6 Å². The van der Waals surface area contributed by atoms with E-state index < -0.39 is 0 Å². The number of thioether (sulfide) groups is 1. The molecule has 3 aromatic rings. The van der Waals surface area contributed by atoms with Gasteiger partial charge in [0.05, 0.1) is 10.8 Å². The highest BCUT2D eigenvalue weighted by molar-refractivity contribution is 7.99. The molecular formula is C22H24Cl2N4O2S. The fraction of sp³-hybridized carbons (Fsp3) is 0.318. The van der Waals surface area contributed by atoms with Crippen LogP contribution in [0.1, 0.15) is 36.9 Å². The van der Waals surface area contributed by atoms with Crippen molar-refractivity contribution in [2.75, 3.05) is 11.1 Å². The van der Waals surface area contributed by atoms with Crippen LogP contribution in [0.25, 0.3) is 0 Å². The van der Waals surface area contributed by atoms with Gasteiger partial charge in [-0.25, -0.2) is 0 Å². The van der Waals surface area contributed by atoms with E-state index >= 15 is 0 Å². The number of benzene rings is 2. The predicted octanol–water partition coefficient (Wildman–Crippen LogP) is 6.09. The minimum Gasteiger partial charge on any atom is -0.481 e. The van der Waals surface area contributed by atoms with Gasteiger partial charge in [-0.2, -0.15) is 0 Å². The monoisotopic (exact) mass is 478 g/mol. The van der Waals surface area contributed by atoms with E-state index in [2.05, 4.69) is 15.5 Å². The Bertz CT molecular complexity index is 1090. The van der Waals surface area contributed by atoms with Gasteiger partial charge in [-0.15, -0.1) is 10.2 Å². The Labute approximate surface area is 196 Å². The topological polar surface area (TPSA) is 69.0 Å². The lowest BCUT2D eigenvalue weighted by molar-refractivity contribution is -0.113. The van der Waals surface area contributed by atoms with Gasteiger partial charge in [0.15, 0.2) is 17.1 Å². The van der Waals surface area contributed by atoms with E-state index in [1.54, 1.807) is 18.2 Å². The van der Waals surface area contributed by atoms with Crippen LogP contribution in [0.4, 0.5) is 5.69 Å². The van der Waals surface area contributed by atoms with E-state index in [9.17, 15) is 4.79 Å². The summed E-state index contributed by atoms with van der Waals surface area (Å²) >= 11 is 13.5. The summed E-state index contributed by atoms with van der Waals surface area (Å²) in [6, 6.07) is 11.0. The molecule has 1 aromatic heterocycles. The molecule has 1 atom stereocenters. The smallest absolute Gasteiger partial charge is 0.234 e. The summed E-state index contributed by atoms with van der Waals surface area (Å²) in [4.78, 5) is 12.5. The first kappa shape index (κ1) is 23.4. The third-order valence-electron chi connectivity index (χ3n) is 4.62. The first-order valence-electron chi connectivity index (χ1n) is 9.83. The van der Waals surface area contributed by atoms with Gasteiger partial charge in [0.25, 0.3) is 0 Å². The lowest BCUT2D eigenvalue weighted by Gasteiger charge is -2.16. The van der Waals surface area contributed by atoms with Gasteiger partial charge in [0, 0.05) is 17.3 Å². The Hall–Kier alpha value is -2.22. The molecule has 1 unspecified atom stereocenters. The summed E-state index contributed by atoms with van der Waals surface area (Å²) in [6.45, 7) is 8.48. The molecule has 2 aromatic carbocycles. The summed E-state index contributed by atoms with van der Waals surface area (Å²) in [6.07, 6.45) is -0.385. The lowest BCUT2D eigenvalue weighted by Crippen LogP contribution is -2.16. The third-order valence-corrected chi connectivity index (χ3v) is 6.12. The number of ether oxygens (including phenoxy) is 1. The van der Waals surface area contributed by atoms with Gasteiger partial charge in [-0.05, 0) is 63.1 Å². The van der Waals surface area contributed by atoms with E-state index in [1.165, 1.54) is 11.8 Å². The van der Waals surface area contributed by atoms with E-state index in [4.69, 9.17) is 27.9 Å². The molecule has 0 aliphatic carbocycles. The maximum absolute atomic E-state index is 12.5. The number of hydrogen-bond acceptors (Lipinski definition) is 5. The summed E-state index contributed by atoms with van der Waals surface area (Å²) in [5.41, 5.74) is 2.94. The Morgan fingerprint density at radius 1 is 1.19 bits per heavy atom. The molecule has 164 valence electrons. The van der Waals surface area contributed by atoms with Crippen molar-refractivity contribution < 1.29 is 9.53 Å². The minimum absolute atomic E-state index is 0.0943.